The lowest BCUT2D eigenvalue weighted by Crippen LogP contribution is -2.19. The van der Waals surface area contributed by atoms with Gasteiger partial charge in [-0.05, 0) is 31.2 Å². The predicted molar refractivity (Wildman–Crippen MR) is 103 cm³/mol. The van der Waals surface area contributed by atoms with E-state index >= 15 is 0 Å². The molecule has 0 unspecified atom stereocenters. The fourth-order valence-corrected chi connectivity index (χ4v) is 2.67. The smallest absolute Gasteiger partial charge is 0.259 e. The number of halogens is 2. The van der Waals surface area contributed by atoms with Crippen molar-refractivity contribution >= 4 is 46.9 Å². The number of carbonyl (C=O) groups is 2. The van der Waals surface area contributed by atoms with Crippen molar-refractivity contribution in [2.45, 2.75) is 6.92 Å². The van der Waals surface area contributed by atoms with Crippen molar-refractivity contribution in [1.82, 2.24) is 15.0 Å². The number of aryl methyl sites for hydroxylation is 1. The Labute approximate surface area is 164 Å². The summed E-state index contributed by atoms with van der Waals surface area (Å²) in [5, 5.41) is 5.68. The van der Waals surface area contributed by atoms with E-state index in [1.165, 1.54) is 0 Å². The van der Waals surface area contributed by atoms with Crippen LogP contribution < -0.4 is 10.6 Å². The third-order valence-corrected chi connectivity index (χ3v) is 4.09. The van der Waals surface area contributed by atoms with Gasteiger partial charge in [-0.25, -0.2) is 0 Å². The Morgan fingerprint density at radius 1 is 0.741 bits per heavy atom. The van der Waals surface area contributed by atoms with Gasteiger partial charge in [0.15, 0.2) is 0 Å². The molecule has 0 spiro atoms. The van der Waals surface area contributed by atoms with Crippen LogP contribution in [0.4, 0.5) is 11.9 Å². The van der Waals surface area contributed by atoms with Crippen LogP contribution in [0.5, 0.6) is 0 Å². The van der Waals surface area contributed by atoms with Crippen LogP contribution in [0.3, 0.4) is 0 Å². The van der Waals surface area contributed by atoms with Crippen LogP contribution in [0.25, 0.3) is 0 Å². The lowest BCUT2D eigenvalue weighted by molar-refractivity contribution is 0.101. The van der Waals surface area contributed by atoms with Crippen LogP contribution in [0.15, 0.2) is 48.5 Å². The molecule has 7 nitrogen and oxygen atoms in total. The van der Waals surface area contributed by atoms with Gasteiger partial charge in [0, 0.05) is 0 Å². The fourth-order valence-electron chi connectivity index (χ4n) is 2.22. The molecule has 1 heterocycles. The average molecular weight is 402 g/mol. The van der Waals surface area contributed by atoms with Crippen molar-refractivity contribution in [1.29, 1.82) is 0 Å². The van der Waals surface area contributed by atoms with Crippen molar-refractivity contribution < 1.29 is 9.59 Å². The summed E-state index contributed by atoms with van der Waals surface area (Å²) in [4.78, 5) is 36.8. The first-order valence-electron chi connectivity index (χ1n) is 7.78. The van der Waals surface area contributed by atoms with Gasteiger partial charge in [-0.1, -0.05) is 47.5 Å². The van der Waals surface area contributed by atoms with E-state index in [-0.39, 0.29) is 23.0 Å². The van der Waals surface area contributed by atoms with Crippen molar-refractivity contribution in [2.75, 3.05) is 10.6 Å². The summed E-state index contributed by atoms with van der Waals surface area (Å²) in [7, 11) is 0. The van der Waals surface area contributed by atoms with E-state index < -0.39 is 11.8 Å². The molecule has 3 aromatic rings. The average Bonchev–Trinajstić information content (AvgIpc) is 2.61. The second-order valence-electron chi connectivity index (χ2n) is 5.40. The number of carbonyl (C=O) groups excluding carboxylic acids is 2. The minimum atomic E-state index is -0.477. The molecule has 2 aromatic carbocycles. The summed E-state index contributed by atoms with van der Waals surface area (Å²) in [5.74, 6) is -0.665. The molecule has 0 fully saturated rings. The van der Waals surface area contributed by atoms with E-state index in [1.54, 1.807) is 55.5 Å². The number of amides is 2. The van der Waals surface area contributed by atoms with Gasteiger partial charge in [0.1, 0.15) is 5.82 Å². The lowest BCUT2D eigenvalue weighted by atomic mass is 10.2. The molecule has 0 bridgehead atoms. The highest BCUT2D eigenvalue weighted by Gasteiger charge is 2.15. The lowest BCUT2D eigenvalue weighted by Gasteiger charge is -2.09. The molecule has 0 aliphatic rings. The second-order valence-corrected chi connectivity index (χ2v) is 6.21. The molecule has 1 aromatic heterocycles. The number of nitrogens with one attached hydrogen (secondary N) is 2. The molecular formula is C18H13Cl2N5O2. The molecule has 0 saturated carbocycles. The Hall–Kier alpha value is -3.03. The van der Waals surface area contributed by atoms with Crippen molar-refractivity contribution in [3.63, 3.8) is 0 Å². The van der Waals surface area contributed by atoms with Crippen LogP contribution in [0.1, 0.15) is 26.5 Å². The van der Waals surface area contributed by atoms with Crippen LogP contribution in [0.2, 0.25) is 10.0 Å². The summed E-state index contributed by atoms with van der Waals surface area (Å²) in [6, 6.07) is 13.2. The Morgan fingerprint density at radius 2 is 1.15 bits per heavy atom. The summed E-state index contributed by atoms with van der Waals surface area (Å²) in [5.41, 5.74) is 0.553. The normalized spacial score (nSPS) is 10.3. The van der Waals surface area contributed by atoms with Gasteiger partial charge in [-0.3, -0.25) is 20.2 Å². The van der Waals surface area contributed by atoms with E-state index in [9.17, 15) is 9.59 Å². The molecule has 27 heavy (non-hydrogen) atoms. The molecule has 0 radical (unpaired) electrons. The van der Waals surface area contributed by atoms with Gasteiger partial charge >= 0.3 is 0 Å². The Morgan fingerprint density at radius 3 is 1.56 bits per heavy atom. The maximum atomic E-state index is 12.3. The third-order valence-electron chi connectivity index (χ3n) is 3.43. The number of aromatic nitrogens is 3. The zero-order valence-electron chi connectivity index (χ0n) is 14.0. The van der Waals surface area contributed by atoms with Crippen molar-refractivity contribution in [2.24, 2.45) is 0 Å². The van der Waals surface area contributed by atoms with Crippen molar-refractivity contribution in [3.8, 4) is 0 Å². The van der Waals surface area contributed by atoms with Gasteiger partial charge < -0.3 is 0 Å². The summed E-state index contributed by atoms with van der Waals surface area (Å²) in [6.07, 6.45) is 0. The van der Waals surface area contributed by atoms with Gasteiger partial charge in [0.05, 0.1) is 21.2 Å². The highest BCUT2D eigenvalue weighted by Crippen LogP contribution is 2.18. The van der Waals surface area contributed by atoms with Gasteiger partial charge in [0.2, 0.25) is 11.9 Å². The molecule has 0 aliphatic carbocycles. The molecule has 3 rings (SSSR count). The quantitative estimate of drug-likeness (QED) is 0.688. The van der Waals surface area contributed by atoms with Crippen LogP contribution in [-0.2, 0) is 0 Å². The van der Waals surface area contributed by atoms with Crippen LogP contribution >= 0.6 is 23.2 Å². The maximum absolute atomic E-state index is 12.3. The standard InChI is InChI=1S/C18H13Cl2N5O2/c1-10-21-17(23-15(26)11-6-2-4-8-13(11)19)25-18(22-10)24-16(27)12-7-3-5-9-14(12)20/h2-9H,1H3,(H2,21,22,23,24,25,26,27). The first-order chi connectivity index (χ1) is 12.9. The zero-order valence-corrected chi connectivity index (χ0v) is 15.5. The number of anilines is 2. The van der Waals surface area contributed by atoms with E-state index in [0.29, 0.717) is 15.9 Å². The van der Waals surface area contributed by atoms with E-state index in [1.807, 2.05) is 0 Å². The number of hydrogen-bond acceptors (Lipinski definition) is 5. The predicted octanol–water partition coefficient (Wildman–Crippen LogP) is 3.99. The maximum Gasteiger partial charge on any atom is 0.259 e. The van der Waals surface area contributed by atoms with Gasteiger partial charge in [-0.15, -0.1) is 0 Å². The van der Waals surface area contributed by atoms with E-state index in [2.05, 4.69) is 25.6 Å². The summed E-state index contributed by atoms with van der Waals surface area (Å²) in [6.45, 7) is 1.61. The molecule has 136 valence electrons. The number of benzene rings is 2. The number of nitrogens with zero attached hydrogens (tertiary/aromatic N) is 3. The number of rotatable bonds is 4. The largest absolute Gasteiger partial charge is 0.290 e. The first-order valence-corrected chi connectivity index (χ1v) is 8.54. The molecule has 0 aliphatic heterocycles. The highest BCUT2D eigenvalue weighted by molar-refractivity contribution is 6.34. The highest BCUT2D eigenvalue weighted by atomic mass is 35.5. The second kappa shape index (κ2) is 8.11. The SMILES string of the molecule is Cc1nc(NC(=O)c2ccccc2Cl)nc(NC(=O)c2ccccc2Cl)n1. The van der Waals surface area contributed by atoms with Crippen molar-refractivity contribution in [3.05, 3.63) is 75.5 Å². The van der Waals surface area contributed by atoms with Crippen LogP contribution in [-0.4, -0.2) is 26.8 Å². The molecule has 2 amide bonds. The Kier molecular flexibility index (Phi) is 5.63. The summed E-state index contributed by atoms with van der Waals surface area (Å²) >= 11 is 12.0. The Bertz CT molecular complexity index is 948. The first kappa shape index (κ1) is 18.8. The zero-order chi connectivity index (χ0) is 19.4. The fraction of sp³-hybridized carbons (Fsp3) is 0.0556. The topological polar surface area (TPSA) is 96.9 Å². The van der Waals surface area contributed by atoms with Gasteiger partial charge in [0.25, 0.3) is 11.8 Å². The van der Waals surface area contributed by atoms with E-state index in [4.69, 9.17) is 23.2 Å². The molecule has 2 N–H and O–H groups in total. The van der Waals surface area contributed by atoms with E-state index in [0.717, 1.165) is 0 Å². The molecular weight excluding hydrogens is 389 g/mol. The minimum Gasteiger partial charge on any atom is -0.290 e. The van der Waals surface area contributed by atoms with Gasteiger partial charge in [-0.2, -0.15) is 15.0 Å². The molecule has 9 heteroatoms. The number of hydrogen-bond donors (Lipinski definition) is 2. The minimum absolute atomic E-state index is 0.0121. The Balaban J connectivity index is 1.80. The third kappa shape index (κ3) is 4.58. The molecule has 0 atom stereocenters. The summed E-state index contributed by atoms with van der Waals surface area (Å²) < 4.78 is 0. The molecule has 0 saturated heterocycles. The monoisotopic (exact) mass is 401 g/mol. The van der Waals surface area contributed by atoms with Crippen LogP contribution in [0, 0.1) is 6.92 Å².